The maximum absolute atomic E-state index is 13.4. The second kappa shape index (κ2) is 7.20. The Kier molecular flexibility index (Phi) is 5.42. The molecule has 2 bridgehead atoms. The maximum atomic E-state index is 13.4. The van der Waals surface area contributed by atoms with Gasteiger partial charge in [0.15, 0.2) is 5.78 Å². The number of phosphoric ester groups is 1. The van der Waals surface area contributed by atoms with E-state index in [1.807, 2.05) is 18.2 Å². The lowest BCUT2D eigenvalue weighted by atomic mass is 9.69. The van der Waals surface area contributed by atoms with Crippen molar-refractivity contribution in [2.75, 3.05) is 13.2 Å². The zero-order chi connectivity index (χ0) is 19.9. The van der Waals surface area contributed by atoms with Crippen LogP contribution in [0, 0.1) is 16.7 Å². The molecule has 0 aromatic heterocycles. The summed E-state index contributed by atoms with van der Waals surface area (Å²) in [6.45, 7) is 10.3. The van der Waals surface area contributed by atoms with Gasteiger partial charge in [0, 0.05) is 16.6 Å². The predicted molar refractivity (Wildman–Crippen MR) is 104 cm³/mol. The van der Waals surface area contributed by atoms with Gasteiger partial charge in [-0.05, 0) is 38.0 Å². The average Bonchev–Trinajstić information content (AvgIpc) is 2.94. The van der Waals surface area contributed by atoms with Crippen LogP contribution >= 0.6 is 7.82 Å². The van der Waals surface area contributed by atoms with Crippen molar-refractivity contribution < 1.29 is 22.9 Å². The molecule has 1 saturated carbocycles. The maximum Gasteiger partial charge on any atom is 0.529 e. The van der Waals surface area contributed by atoms with E-state index < -0.39 is 7.82 Å². The molecule has 2 atom stereocenters. The van der Waals surface area contributed by atoms with Crippen LogP contribution in [0.2, 0.25) is 0 Å². The van der Waals surface area contributed by atoms with Crippen molar-refractivity contribution in [3.8, 4) is 0 Å². The van der Waals surface area contributed by atoms with Gasteiger partial charge in [-0.2, -0.15) is 0 Å². The molecule has 0 N–H and O–H groups in total. The van der Waals surface area contributed by atoms with Gasteiger partial charge in [0.1, 0.15) is 5.76 Å². The van der Waals surface area contributed by atoms with Crippen LogP contribution in [0.25, 0.3) is 0 Å². The van der Waals surface area contributed by atoms with Crippen molar-refractivity contribution in [3.63, 3.8) is 0 Å². The summed E-state index contributed by atoms with van der Waals surface area (Å²) in [6, 6.07) is 9.18. The number of fused-ring (bicyclic) bond motifs is 2. The summed E-state index contributed by atoms with van der Waals surface area (Å²) in [5.74, 6) is 0.483. The molecule has 0 saturated heterocycles. The molecule has 2 aliphatic rings. The first-order valence-corrected chi connectivity index (χ1v) is 11.1. The number of allylic oxidation sites excluding steroid dienone is 2. The van der Waals surface area contributed by atoms with Crippen molar-refractivity contribution in [2.45, 2.75) is 47.5 Å². The van der Waals surface area contributed by atoms with E-state index in [0.29, 0.717) is 16.9 Å². The number of hydrogen-bond acceptors (Lipinski definition) is 5. The molecular weight excluding hydrogens is 363 g/mol. The number of hydrogen-bond donors (Lipinski definition) is 0. The number of Topliss-reactive ketones (excluding diaryl/α,β-unsaturated/α-hetero) is 1. The Labute approximate surface area is 161 Å². The fourth-order valence-corrected chi connectivity index (χ4v) is 5.88. The summed E-state index contributed by atoms with van der Waals surface area (Å²) in [4.78, 5) is 13.4. The van der Waals surface area contributed by atoms with Crippen molar-refractivity contribution >= 4 is 13.6 Å². The van der Waals surface area contributed by atoms with Crippen LogP contribution in [-0.4, -0.2) is 19.0 Å². The summed E-state index contributed by atoms with van der Waals surface area (Å²) in [5.41, 5.74) is 0.676. The van der Waals surface area contributed by atoms with E-state index in [4.69, 9.17) is 13.6 Å². The zero-order valence-electron chi connectivity index (χ0n) is 16.8. The SMILES string of the molecule is CCOP(=O)(OCC)OC1=C(C(=O)c2ccccc2)[C@H]2CC[C@]1(C)C2(C)C. The second-order valence-corrected chi connectivity index (χ2v) is 9.55. The number of carbonyl (C=O) groups excluding carboxylic acids is 1. The second-order valence-electron chi connectivity index (χ2n) is 7.96. The number of ketones is 1. The Balaban J connectivity index is 2.10. The lowest BCUT2D eigenvalue weighted by molar-refractivity contribution is 0.0909. The molecule has 0 amide bonds. The third-order valence-corrected chi connectivity index (χ3v) is 7.93. The van der Waals surface area contributed by atoms with Gasteiger partial charge in [0.25, 0.3) is 0 Å². The highest BCUT2D eigenvalue weighted by atomic mass is 31.2. The van der Waals surface area contributed by atoms with Gasteiger partial charge in [-0.3, -0.25) is 13.8 Å². The molecule has 0 spiro atoms. The van der Waals surface area contributed by atoms with Crippen molar-refractivity contribution in [1.82, 2.24) is 0 Å². The van der Waals surface area contributed by atoms with Gasteiger partial charge in [-0.25, -0.2) is 4.57 Å². The van der Waals surface area contributed by atoms with Crippen LogP contribution < -0.4 is 0 Å². The Hall–Kier alpha value is -1.42. The molecule has 0 aliphatic heterocycles. The number of benzene rings is 1. The Morgan fingerprint density at radius 3 is 2.26 bits per heavy atom. The average molecular weight is 392 g/mol. The van der Waals surface area contributed by atoms with E-state index in [-0.39, 0.29) is 35.7 Å². The van der Waals surface area contributed by atoms with Crippen molar-refractivity contribution in [1.29, 1.82) is 0 Å². The van der Waals surface area contributed by atoms with Crippen molar-refractivity contribution in [3.05, 3.63) is 47.2 Å². The van der Waals surface area contributed by atoms with Gasteiger partial charge < -0.3 is 4.52 Å². The summed E-state index contributed by atoms with van der Waals surface area (Å²) in [7, 11) is -3.78. The largest absolute Gasteiger partial charge is 0.529 e. The van der Waals surface area contributed by atoms with E-state index in [9.17, 15) is 9.36 Å². The van der Waals surface area contributed by atoms with Crippen LogP contribution in [0.1, 0.15) is 57.8 Å². The van der Waals surface area contributed by atoms with Gasteiger partial charge in [-0.1, -0.05) is 51.1 Å². The molecule has 3 rings (SSSR count). The fraction of sp³-hybridized carbons (Fsp3) is 0.571. The Morgan fingerprint density at radius 1 is 1.11 bits per heavy atom. The number of carbonyl (C=O) groups is 1. The minimum Gasteiger partial charge on any atom is -0.407 e. The highest BCUT2D eigenvalue weighted by Crippen LogP contribution is 2.71. The molecule has 1 fully saturated rings. The van der Waals surface area contributed by atoms with Crippen LogP contribution in [0.4, 0.5) is 0 Å². The molecule has 2 aliphatic carbocycles. The molecule has 0 radical (unpaired) electrons. The highest BCUT2D eigenvalue weighted by molar-refractivity contribution is 7.48. The van der Waals surface area contributed by atoms with Gasteiger partial charge in [0.05, 0.1) is 13.2 Å². The predicted octanol–water partition coefficient (Wildman–Crippen LogP) is 5.78. The van der Waals surface area contributed by atoms with Gasteiger partial charge in [-0.15, -0.1) is 0 Å². The van der Waals surface area contributed by atoms with E-state index in [1.165, 1.54) is 0 Å². The topological polar surface area (TPSA) is 61.8 Å². The molecule has 6 heteroatoms. The smallest absolute Gasteiger partial charge is 0.407 e. The first-order chi connectivity index (χ1) is 12.7. The highest BCUT2D eigenvalue weighted by Gasteiger charge is 2.64. The Bertz CT molecular complexity index is 788. The molecule has 1 aromatic carbocycles. The first-order valence-electron chi connectivity index (χ1n) is 9.63. The van der Waals surface area contributed by atoms with Crippen molar-refractivity contribution in [2.24, 2.45) is 16.7 Å². The van der Waals surface area contributed by atoms with E-state index in [2.05, 4.69) is 20.8 Å². The van der Waals surface area contributed by atoms with Gasteiger partial charge in [0.2, 0.25) is 0 Å². The third-order valence-electron chi connectivity index (χ3n) is 6.38. The summed E-state index contributed by atoms with van der Waals surface area (Å²) in [6.07, 6.45) is 1.79. The van der Waals surface area contributed by atoms with E-state index in [1.54, 1.807) is 26.0 Å². The number of rotatable bonds is 8. The molecule has 1 aromatic rings. The summed E-state index contributed by atoms with van der Waals surface area (Å²) < 4.78 is 29.8. The molecular formula is C21H29O5P. The minimum atomic E-state index is -3.78. The molecule has 0 heterocycles. The quantitative estimate of drug-likeness (QED) is 0.415. The van der Waals surface area contributed by atoms with E-state index in [0.717, 1.165) is 12.8 Å². The van der Waals surface area contributed by atoms with Crippen LogP contribution in [0.15, 0.2) is 41.7 Å². The van der Waals surface area contributed by atoms with Gasteiger partial charge >= 0.3 is 7.82 Å². The molecule has 27 heavy (non-hydrogen) atoms. The lowest BCUT2D eigenvalue weighted by Crippen LogP contribution is -2.30. The minimum absolute atomic E-state index is 0.0573. The molecule has 5 nitrogen and oxygen atoms in total. The molecule has 148 valence electrons. The summed E-state index contributed by atoms with van der Waals surface area (Å²) >= 11 is 0. The fourth-order valence-electron chi connectivity index (χ4n) is 4.54. The molecule has 0 unspecified atom stereocenters. The monoisotopic (exact) mass is 392 g/mol. The number of phosphoric acid groups is 1. The van der Waals surface area contributed by atoms with Crippen LogP contribution in [0.5, 0.6) is 0 Å². The third kappa shape index (κ3) is 3.20. The van der Waals surface area contributed by atoms with E-state index >= 15 is 0 Å². The Morgan fingerprint density at radius 2 is 1.70 bits per heavy atom. The standard InChI is InChI=1S/C21H29O5P/c1-6-24-27(23,25-7-2)26-19-17(18(22)15-11-9-8-10-12-15)16-13-14-21(19,5)20(16,3)4/h8-12,16H,6-7,13-14H2,1-5H3/t16-,21+/m1/s1. The lowest BCUT2D eigenvalue weighted by Gasteiger charge is -2.37. The zero-order valence-corrected chi connectivity index (χ0v) is 17.7. The van der Waals surface area contributed by atoms with Crippen LogP contribution in [0.3, 0.4) is 0 Å². The normalized spacial score (nSPS) is 26.5. The van der Waals surface area contributed by atoms with Crippen LogP contribution in [-0.2, 0) is 18.1 Å². The first kappa shape index (κ1) is 20.3. The summed E-state index contributed by atoms with van der Waals surface area (Å²) in [5, 5.41) is 0.